The van der Waals surface area contributed by atoms with E-state index in [-0.39, 0.29) is 24.0 Å². The second kappa shape index (κ2) is 7.70. The number of ether oxygens (including phenoxy) is 1. The van der Waals surface area contributed by atoms with Gasteiger partial charge in [0.05, 0.1) is 5.56 Å². The van der Waals surface area contributed by atoms with Crippen molar-refractivity contribution in [3.05, 3.63) is 77.6 Å². The third-order valence-electron chi connectivity index (χ3n) is 3.96. The molecular weight excluding hydrogens is 383 g/mol. The molecule has 1 heterocycles. The Morgan fingerprint density at radius 2 is 1.89 bits per heavy atom. The molecule has 1 N–H and O–H groups in total. The number of halogens is 2. The summed E-state index contributed by atoms with van der Waals surface area (Å²) in [5, 5.41) is 3.32. The Morgan fingerprint density at radius 3 is 2.68 bits per heavy atom. The Kier molecular flexibility index (Phi) is 4.95. The first-order valence-electron chi connectivity index (χ1n) is 8.42. The number of rotatable bonds is 5. The van der Waals surface area contributed by atoms with Gasteiger partial charge >= 0.3 is 0 Å². The van der Waals surface area contributed by atoms with Gasteiger partial charge in [-0.15, -0.1) is 0 Å². The first kappa shape index (κ1) is 18.0. The molecule has 0 saturated heterocycles. The Balaban J connectivity index is 1.46. The molecule has 1 amide bonds. The fraction of sp³-hybridized carbons (Fsp3) is 0.0476. The van der Waals surface area contributed by atoms with Gasteiger partial charge in [0, 0.05) is 10.7 Å². The first-order chi connectivity index (χ1) is 13.6. The van der Waals surface area contributed by atoms with Crippen LogP contribution in [0.1, 0.15) is 0 Å². The number of fused-ring (bicyclic) bond motifs is 1. The average Bonchev–Trinajstić information content (AvgIpc) is 3.11. The van der Waals surface area contributed by atoms with Gasteiger partial charge in [-0.25, -0.2) is 9.37 Å². The molecule has 1 aromatic heterocycles. The maximum atomic E-state index is 13.9. The molecule has 4 aromatic rings. The van der Waals surface area contributed by atoms with E-state index in [9.17, 15) is 9.18 Å². The molecule has 0 saturated carbocycles. The summed E-state index contributed by atoms with van der Waals surface area (Å²) in [4.78, 5) is 16.4. The average molecular weight is 397 g/mol. The Labute approximate surface area is 164 Å². The standard InChI is InChI=1S/C21H14ClFN2O3/c22-13-5-8-15(9-6-13)27-12-20(26)24-14-7-10-19-18(11-14)25-21(28-19)16-3-1-2-4-17(16)23/h1-11H,12H2,(H,24,26). The fourth-order valence-electron chi connectivity index (χ4n) is 2.63. The summed E-state index contributed by atoms with van der Waals surface area (Å²) in [6, 6.07) is 18.0. The van der Waals surface area contributed by atoms with Crippen molar-refractivity contribution < 1.29 is 18.3 Å². The number of carbonyl (C=O) groups is 1. The number of hydrogen-bond donors (Lipinski definition) is 1. The molecule has 7 heteroatoms. The van der Waals surface area contributed by atoms with E-state index >= 15 is 0 Å². The highest BCUT2D eigenvalue weighted by Gasteiger charge is 2.13. The van der Waals surface area contributed by atoms with Gasteiger partial charge in [0.2, 0.25) is 5.89 Å². The zero-order valence-corrected chi connectivity index (χ0v) is 15.2. The van der Waals surface area contributed by atoms with Crippen LogP contribution >= 0.6 is 11.6 Å². The number of oxazole rings is 1. The molecule has 0 bridgehead atoms. The zero-order chi connectivity index (χ0) is 19.5. The molecule has 0 radical (unpaired) electrons. The van der Waals surface area contributed by atoms with Crippen molar-refractivity contribution in [2.45, 2.75) is 0 Å². The quantitative estimate of drug-likeness (QED) is 0.497. The highest BCUT2D eigenvalue weighted by molar-refractivity contribution is 6.30. The number of nitrogens with zero attached hydrogens (tertiary/aromatic N) is 1. The van der Waals surface area contributed by atoms with Crippen LogP contribution in [0.3, 0.4) is 0 Å². The molecule has 0 spiro atoms. The van der Waals surface area contributed by atoms with Crippen molar-refractivity contribution >= 4 is 34.3 Å². The summed E-state index contributed by atoms with van der Waals surface area (Å²) in [5.41, 5.74) is 1.81. The van der Waals surface area contributed by atoms with E-state index in [0.29, 0.717) is 27.6 Å². The van der Waals surface area contributed by atoms with Crippen LogP contribution in [0.15, 0.2) is 71.1 Å². The Hall–Kier alpha value is -3.38. The van der Waals surface area contributed by atoms with Gasteiger partial charge in [0.1, 0.15) is 17.1 Å². The molecule has 28 heavy (non-hydrogen) atoms. The van der Waals surface area contributed by atoms with Crippen molar-refractivity contribution in [2.75, 3.05) is 11.9 Å². The van der Waals surface area contributed by atoms with E-state index in [1.165, 1.54) is 6.07 Å². The smallest absolute Gasteiger partial charge is 0.262 e. The van der Waals surface area contributed by atoms with Crippen LogP contribution in [0, 0.1) is 5.82 Å². The van der Waals surface area contributed by atoms with Crippen LogP contribution in [0.2, 0.25) is 5.02 Å². The van der Waals surface area contributed by atoms with E-state index < -0.39 is 5.82 Å². The third kappa shape index (κ3) is 3.97. The maximum absolute atomic E-state index is 13.9. The summed E-state index contributed by atoms with van der Waals surface area (Å²) in [6.45, 7) is -0.154. The largest absolute Gasteiger partial charge is 0.484 e. The van der Waals surface area contributed by atoms with Gasteiger partial charge in [0.25, 0.3) is 5.91 Å². The molecule has 0 unspecified atom stereocenters. The Morgan fingerprint density at radius 1 is 1.11 bits per heavy atom. The molecule has 0 aliphatic carbocycles. The monoisotopic (exact) mass is 396 g/mol. The predicted octanol–water partition coefficient (Wildman–Crippen LogP) is 5.30. The molecule has 0 aliphatic heterocycles. The number of anilines is 1. The lowest BCUT2D eigenvalue weighted by molar-refractivity contribution is -0.118. The van der Waals surface area contributed by atoms with Gasteiger partial charge in [-0.1, -0.05) is 23.7 Å². The maximum Gasteiger partial charge on any atom is 0.262 e. The predicted molar refractivity (Wildman–Crippen MR) is 105 cm³/mol. The van der Waals surface area contributed by atoms with E-state index in [2.05, 4.69) is 10.3 Å². The number of aromatic nitrogens is 1. The van der Waals surface area contributed by atoms with Gasteiger partial charge in [-0.2, -0.15) is 0 Å². The minimum Gasteiger partial charge on any atom is -0.484 e. The van der Waals surface area contributed by atoms with Crippen LogP contribution in [-0.2, 0) is 4.79 Å². The third-order valence-corrected chi connectivity index (χ3v) is 4.21. The molecule has 0 aliphatic rings. The van der Waals surface area contributed by atoms with Crippen LogP contribution in [0.25, 0.3) is 22.6 Å². The van der Waals surface area contributed by atoms with E-state index in [1.807, 2.05) is 0 Å². The van der Waals surface area contributed by atoms with Gasteiger partial charge < -0.3 is 14.5 Å². The zero-order valence-electron chi connectivity index (χ0n) is 14.5. The topological polar surface area (TPSA) is 64.4 Å². The van der Waals surface area contributed by atoms with Crippen molar-refractivity contribution in [3.8, 4) is 17.2 Å². The fourth-order valence-corrected chi connectivity index (χ4v) is 2.76. The van der Waals surface area contributed by atoms with Crippen LogP contribution in [0.4, 0.5) is 10.1 Å². The van der Waals surface area contributed by atoms with E-state index in [4.69, 9.17) is 20.8 Å². The lowest BCUT2D eigenvalue weighted by Gasteiger charge is -2.07. The molecule has 0 atom stereocenters. The van der Waals surface area contributed by atoms with Gasteiger partial charge in [-0.05, 0) is 54.6 Å². The molecule has 3 aromatic carbocycles. The molecule has 4 rings (SSSR count). The highest BCUT2D eigenvalue weighted by Crippen LogP contribution is 2.27. The lowest BCUT2D eigenvalue weighted by atomic mass is 10.2. The number of amides is 1. The van der Waals surface area contributed by atoms with Gasteiger partial charge in [0.15, 0.2) is 12.2 Å². The second-order valence-corrected chi connectivity index (χ2v) is 6.41. The molecule has 0 fully saturated rings. The summed E-state index contributed by atoms with van der Waals surface area (Å²) in [7, 11) is 0. The molecular formula is C21H14ClFN2O3. The van der Waals surface area contributed by atoms with Crippen molar-refractivity contribution in [1.82, 2.24) is 4.98 Å². The summed E-state index contributed by atoms with van der Waals surface area (Å²) >= 11 is 5.81. The molecule has 140 valence electrons. The minimum absolute atomic E-state index is 0.154. The normalized spacial score (nSPS) is 10.8. The number of carbonyl (C=O) groups excluding carboxylic acids is 1. The summed E-state index contributed by atoms with van der Waals surface area (Å²) < 4.78 is 24.9. The number of benzene rings is 3. The van der Waals surface area contributed by atoms with Crippen LogP contribution in [-0.4, -0.2) is 17.5 Å². The van der Waals surface area contributed by atoms with E-state index in [0.717, 1.165) is 0 Å². The first-order valence-corrected chi connectivity index (χ1v) is 8.80. The lowest BCUT2D eigenvalue weighted by Crippen LogP contribution is -2.20. The Bertz CT molecular complexity index is 1140. The molecule has 5 nitrogen and oxygen atoms in total. The van der Waals surface area contributed by atoms with Crippen molar-refractivity contribution in [1.29, 1.82) is 0 Å². The van der Waals surface area contributed by atoms with Crippen molar-refractivity contribution in [3.63, 3.8) is 0 Å². The number of hydrogen-bond acceptors (Lipinski definition) is 4. The van der Waals surface area contributed by atoms with Crippen LogP contribution in [0.5, 0.6) is 5.75 Å². The second-order valence-electron chi connectivity index (χ2n) is 5.97. The van der Waals surface area contributed by atoms with E-state index in [1.54, 1.807) is 60.7 Å². The number of nitrogens with one attached hydrogen (secondary N) is 1. The summed E-state index contributed by atoms with van der Waals surface area (Å²) in [6.07, 6.45) is 0. The highest BCUT2D eigenvalue weighted by atomic mass is 35.5. The summed E-state index contributed by atoms with van der Waals surface area (Å²) in [5.74, 6) is -0.0160. The SMILES string of the molecule is O=C(COc1ccc(Cl)cc1)Nc1ccc2oc(-c3ccccc3F)nc2c1. The van der Waals surface area contributed by atoms with Crippen LogP contribution < -0.4 is 10.1 Å². The minimum atomic E-state index is -0.415. The van der Waals surface area contributed by atoms with Crippen molar-refractivity contribution in [2.24, 2.45) is 0 Å². The van der Waals surface area contributed by atoms with Gasteiger partial charge in [-0.3, -0.25) is 4.79 Å².